The predicted octanol–water partition coefficient (Wildman–Crippen LogP) is 4.22. The number of rotatable bonds is 7. The first-order valence-corrected chi connectivity index (χ1v) is 13.6. The highest BCUT2D eigenvalue weighted by Crippen LogP contribution is 2.31. The Hall–Kier alpha value is -5.39. The van der Waals surface area contributed by atoms with Crippen molar-refractivity contribution in [3.8, 4) is 22.3 Å². The van der Waals surface area contributed by atoms with Gasteiger partial charge in [-0.15, -0.1) is 0 Å². The highest BCUT2D eigenvalue weighted by Gasteiger charge is 2.40. The molecule has 1 saturated heterocycles. The molecule has 1 aliphatic heterocycles. The number of carbonyl (C=O) groups excluding carboxylic acids is 3. The molecule has 2 atom stereocenters. The molecule has 0 bridgehead atoms. The molecule has 3 heterocycles. The Morgan fingerprint density at radius 1 is 1.07 bits per heavy atom. The van der Waals surface area contributed by atoms with Crippen molar-refractivity contribution in [3.05, 3.63) is 90.1 Å². The Morgan fingerprint density at radius 3 is 2.60 bits per heavy atom. The van der Waals surface area contributed by atoms with Crippen LogP contribution in [0, 0.1) is 12.7 Å². The number of aromatic amines is 1. The molecule has 4 N–H and O–H groups in total. The minimum atomic E-state index is -1.45. The second kappa shape index (κ2) is 11.1. The molecule has 1 fully saturated rings. The maximum atomic E-state index is 15.5. The molecule has 1 aliphatic rings. The number of benzene rings is 3. The number of aryl methyl sites for hydroxylation is 1. The number of primary amides is 1. The molecule has 6 rings (SSSR count). The molecular formula is C31H27F2N7O3. The minimum Gasteiger partial charge on any atom is -0.364 e. The summed E-state index contributed by atoms with van der Waals surface area (Å²) in [5.41, 5.74) is 9.32. The van der Waals surface area contributed by atoms with Gasteiger partial charge < -0.3 is 16.0 Å². The van der Waals surface area contributed by atoms with Gasteiger partial charge in [0.2, 0.25) is 11.8 Å². The lowest BCUT2D eigenvalue weighted by molar-refractivity contribution is -0.137. The molecule has 0 saturated carbocycles. The molecule has 0 spiro atoms. The number of hydrogen-bond donors (Lipinski definition) is 3. The molecule has 12 heteroatoms. The normalized spacial score (nSPS) is 16.5. The predicted molar refractivity (Wildman–Crippen MR) is 156 cm³/mol. The zero-order valence-corrected chi connectivity index (χ0v) is 23.1. The number of H-pyrrole nitrogens is 1. The number of nitrogens with two attached hydrogens (primary N) is 1. The van der Waals surface area contributed by atoms with Gasteiger partial charge in [-0.05, 0) is 41.8 Å². The summed E-state index contributed by atoms with van der Waals surface area (Å²) in [6.07, 6.45) is 1.62. The molecule has 10 nitrogen and oxygen atoms in total. The molecule has 0 unspecified atom stereocenters. The summed E-state index contributed by atoms with van der Waals surface area (Å²) in [5.74, 6) is -2.71. The van der Waals surface area contributed by atoms with Gasteiger partial charge in [0.1, 0.15) is 18.8 Å². The number of anilines is 1. The third-order valence-corrected chi connectivity index (χ3v) is 7.67. The average Bonchev–Trinajstić information content (AvgIpc) is 3.74. The zero-order valence-electron chi connectivity index (χ0n) is 23.1. The van der Waals surface area contributed by atoms with Gasteiger partial charge >= 0.3 is 0 Å². The van der Waals surface area contributed by atoms with Gasteiger partial charge in [0, 0.05) is 29.1 Å². The van der Waals surface area contributed by atoms with Gasteiger partial charge in [0.15, 0.2) is 11.5 Å². The Balaban J connectivity index is 1.24. The topological polar surface area (TPSA) is 139 Å². The fourth-order valence-electron chi connectivity index (χ4n) is 5.53. The van der Waals surface area contributed by atoms with Crippen LogP contribution in [0.2, 0.25) is 0 Å². The van der Waals surface area contributed by atoms with Gasteiger partial charge in [0.05, 0.1) is 23.9 Å². The minimum absolute atomic E-state index is 0.0313. The van der Waals surface area contributed by atoms with Crippen molar-refractivity contribution in [1.29, 1.82) is 0 Å². The van der Waals surface area contributed by atoms with Gasteiger partial charge in [-0.3, -0.25) is 24.2 Å². The lowest BCUT2D eigenvalue weighted by atomic mass is 9.99. The molecule has 5 aromatic rings. The summed E-state index contributed by atoms with van der Waals surface area (Å²) in [6, 6.07) is 16.0. The Kier molecular flexibility index (Phi) is 7.18. The average molecular weight is 584 g/mol. The van der Waals surface area contributed by atoms with Crippen molar-refractivity contribution in [2.24, 2.45) is 5.73 Å². The fraction of sp³-hybridized carbons (Fsp3) is 0.194. The van der Waals surface area contributed by atoms with Crippen LogP contribution in [-0.4, -0.2) is 61.4 Å². The summed E-state index contributed by atoms with van der Waals surface area (Å²) in [5, 5.41) is 13.9. The number of fused-ring (bicyclic) bond motifs is 1. The van der Waals surface area contributed by atoms with E-state index in [1.807, 2.05) is 19.1 Å². The summed E-state index contributed by atoms with van der Waals surface area (Å²) in [7, 11) is 0. The van der Waals surface area contributed by atoms with E-state index in [0.717, 1.165) is 21.6 Å². The van der Waals surface area contributed by atoms with E-state index in [0.29, 0.717) is 22.0 Å². The first-order chi connectivity index (χ1) is 20.7. The molecule has 218 valence electrons. The highest BCUT2D eigenvalue weighted by molar-refractivity contribution is 6.05. The largest absolute Gasteiger partial charge is 0.364 e. The van der Waals surface area contributed by atoms with E-state index < -0.39 is 35.8 Å². The van der Waals surface area contributed by atoms with E-state index in [9.17, 15) is 18.8 Å². The van der Waals surface area contributed by atoms with Gasteiger partial charge in [-0.25, -0.2) is 8.78 Å². The summed E-state index contributed by atoms with van der Waals surface area (Å²) >= 11 is 0. The highest BCUT2D eigenvalue weighted by atomic mass is 19.1. The van der Waals surface area contributed by atoms with Gasteiger partial charge in [-0.1, -0.05) is 42.5 Å². The van der Waals surface area contributed by atoms with E-state index >= 15 is 4.39 Å². The first-order valence-electron chi connectivity index (χ1n) is 13.6. The van der Waals surface area contributed by atoms with Gasteiger partial charge in [-0.2, -0.15) is 10.2 Å². The van der Waals surface area contributed by atoms with Crippen LogP contribution in [-0.2, 0) is 16.1 Å². The molecule has 3 amide bonds. The summed E-state index contributed by atoms with van der Waals surface area (Å²) in [4.78, 5) is 40.1. The van der Waals surface area contributed by atoms with E-state index in [4.69, 9.17) is 5.73 Å². The fourth-order valence-corrected chi connectivity index (χ4v) is 5.53. The van der Waals surface area contributed by atoms with Crippen LogP contribution in [0.4, 0.5) is 14.5 Å². The summed E-state index contributed by atoms with van der Waals surface area (Å²) in [6.45, 7) is 1.18. The standard InChI is InChI=1S/C31H27F2N7O3/c1-17-5-2-3-6-21(17)22-7-4-8-24(28(22)33)37-31(43)26-12-20(32)15-39(26)27(41)16-40-25-10-9-18(19-13-35-36-14-19)11-23(25)29(38-40)30(34)42/h2-11,13-14,20,26H,12,15-16H2,1H3,(H2,34,42)(H,35,36)(H,37,43)/t20-,26+/m1/s1. The van der Waals surface area contributed by atoms with Crippen LogP contribution in [0.3, 0.4) is 0 Å². The lowest BCUT2D eigenvalue weighted by Crippen LogP contribution is -2.44. The number of nitrogens with zero attached hydrogens (tertiary/aromatic N) is 4. The second-order valence-corrected chi connectivity index (χ2v) is 10.5. The summed E-state index contributed by atoms with van der Waals surface area (Å²) < 4.78 is 31.5. The van der Waals surface area contributed by atoms with Crippen molar-refractivity contribution in [2.75, 3.05) is 11.9 Å². The van der Waals surface area contributed by atoms with Crippen LogP contribution in [0.15, 0.2) is 73.1 Å². The molecule has 0 radical (unpaired) electrons. The smallest absolute Gasteiger partial charge is 0.269 e. The number of hydrogen-bond acceptors (Lipinski definition) is 5. The molecular weight excluding hydrogens is 556 g/mol. The molecule has 2 aromatic heterocycles. The quantitative estimate of drug-likeness (QED) is 0.263. The number of alkyl halides is 1. The van der Waals surface area contributed by atoms with E-state index in [1.165, 1.54) is 10.7 Å². The number of aromatic nitrogens is 4. The van der Waals surface area contributed by atoms with Gasteiger partial charge in [0.25, 0.3) is 5.91 Å². The van der Waals surface area contributed by atoms with Crippen molar-refractivity contribution in [2.45, 2.75) is 32.1 Å². The molecule has 43 heavy (non-hydrogen) atoms. The third kappa shape index (κ3) is 5.23. The third-order valence-electron chi connectivity index (χ3n) is 7.67. The molecule has 0 aliphatic carbocycles. The number of likely N-dealkylation sites (tertiary alicyclic amines) is 1. The van der Waals surface area contributed by atoms with Crippen molar-refractivity contribution < 1.29 is 23.2 Å². The number of nitrogens with one attached hydrogen (secondary N) is 2. The van der Waals surface area contributed by atoms with Crippen LogP contribution in [0.25, 0.3) is 33.2 Å². The van der Waals surface area contributed by atoms with Crippen molar-refractivity contribution in [1.82, 2.24) is 24.9 Å². The van der Waals surface area contributed by atoms with E-state index in [-0.39, 0.29) is 30.9 Å². The Morgan fingerprint density at radius 2 is 1.86 bits per heavy atom. The van der Waals surface area contributed by atoms with Crippen LogP contribution < -0.4 is 11.1 Å². The maximum absolute atomic E-state index is 15.5. The van der Waals surface area contributed by atoms with E-state index in [2.05, 4.69) is 20.6 Å². The number of halogens is 2. The Bertz CT molecular complexity index is 1870. The maximum Gasteiger partial charge on any atom is 0.269 e. The lowest BCUT2D eigenvalue weighted by Gasteiger charge is -2.24. The first kappa shape index (κ1) is 27.8. The SMILES string of the molecule is Cc1ccccc1-c1cccc(NC(=O)[C@@H]2C[C@@H](F)CN2C(=O)Cn2nc(C(N)=O)c3cc(-c4cn[nH]c4)ccc32)c1F. The number of carbonyl (C=O) groups is 3. The van der Waals surface area contributed by atoms with Crippen LogP contribution in [0.5, 0.6) is 0 Å². The van der Waals surface area contributed by atoms with Crippen molar-refractivity contribution in [3.63, 3.8) is 0 Å². The monoisotopic (exact) mass is 583 g/mol. The molecule has 3 aromatic carbocycles. The van der Waals surface area contributed by atoms with Crippen molar-refractivity contribution >= 4 is 34.3 Å². The second-order valence-electron chi connectivity index (χ2n) is 10.5. The Labute approximate surface area is 244 Å². The van der Waals surface area contributed by atoms with Crippen LogP contribution >= 0.6 is 0 Å². The van der Waals surface area contributed by atoms with Crippen LogP contribution in [0.1, 0.15) is 22.5 Å². The zero-order chi connectivity index (χ0) is 30.2. The number of amides is 3. The van der Waals surface area contributed by atoms with E-state index in [1.54, 1.807) is 54.9 Å².